The van der Waals surface area contributed by atoms with E-state index >= 15 is 0 Å². The van der Waals surface area contributed by atoms with Crippen molar-refractivity contribution in [3.05, 3.63) is 42.6 Å². The molecule has 2 fully saturated rings. The lowest BCUT2D eigenvalue weighted by atomic mass is 9.81. The molecule has 30 heavy (non-hydrogen) atoms. The van der Waals surface area contributed by atoms with E-state index in [1.165, 1.54) is 6.42 Å². The van der Waals surface area contributed by atoms with Gasteiger partial charge in [-0.05, 0) is 50.9 Å². The Bertz CT molecular complexity index is 1060. The summed E-state index contributed by atoms with van der Waals surface area (Å²) in [6.45, 7) is 2.05. The van der Waals surface area contributed by atoms with E-state index in [1.807, 2.05) is 12.3 Å². The zero-order valence-corrected chi connectivity index (χ0v) is 17.0. The summed E-state index contributed by atoms with van der Waals surface area (Å²) in [7, 11) is 0. The molecule has 0 bridgehead atoms. The summed E-state index contributed by atoms with van der Waals surface area (Å²) < 4.78 is 0. The Morgan fingerprint density at radius 1 is 1.03 bits per heavy atom. The molecule has 2 N–H and O–H groups in total. The summed E-state index contributed by atoms with van der Waals surface area (Å²) in [6.07, 6.45) is 12.9. The fourth-order valence-electron chi connectivity index (χ4n) is 4.12. The summed E-state index contributed by atoms with van der Waals surface area (Å²) in [6, 6.07) is 4.46. The van der Waals surface area contributed by atoms with E-state index in [4.69, 9.17) is 4.98 Å². The van der Waals surface area contributed by atoms with Gasteiger partial charge in [-0.25, -0.2) is 4.98 Å². The highest BCUT2D eigenvalue weighted by atomic mass is 16.1. The van der Waals surface area contributed by atoms with Crippen LogP contribution in [0, 0.1) is 5.92 Å². The van der Waals surface area contributed by atoms with Gasteiger partial charge in [-0.2, -0.15) is 0 Å². The van der Waals surface area contributed by atoms with Gasteiger partial charge in [-0.3, -0.25) is 19.7 Å². The molecule has 0 spiro atoms. The van der Waals surface area contributed by atoms with E-state index in [2.05, 4.69) is 31.7 Å². The smallest absolute Gasteiger partial charge is 0.145 e. The van der Waals surface area contributed by atoms with Crippen LogP contribution in [0.15, 0.2) is 36.9 Å². The van der Waals surface area contributed by atoms with E-state index in [0.717, 1.165) is 72.4 Å². The van der Waals surface area contributed by atoms with Gasteiger partial charge in [0.2, 0.25) is 0 Å². The Morgan fingerprint density at radius 3 is 2.70 bits per heavy atom. The molecule has 1 aliphatic carbocycles. The van der Waals surface area contributed by atoms with Crippen molar-refractivity contribution in [2.45, 2.75) is 44.6 Å². The topological polar surface area (TPSA) is 92.7 Å². The second-order valence-corrected chi connectivity index (χ2v) is 8.32. The molecular formula is C23H26N6O. The number of nitrogens with one attached hydrogen (secondary N) is 2. The van der Waals surface area contributed by atoms with Crippen LogP contribution in [0.5, 0.6) is 0 Å². The highest BCUT2D eigenvalue weighted by Crippen LogP contribution is 2.28. The Balaban J connectivity index is 1.37. The normalized spacial score (nSPS) is 17.6. The first-order valence-corrected chi connectivity index (χ1v) is 10.8. The molecule has 0 amide bonds. The van der Waals surface area contributed by atoms with Gasteiger partial charge in [0.25, 0.3) is 0 Å². The van der Waals surface area contributed by atoms with E-state index in [-0.39, 0.29) is 5.92 Å². The number of pyridine rings is 2. The molecule has 3 aromatic rings. The zero-order chi connectivity index (χ0) is 20.3. The molecule has 7 nitrogen and oxygen atoms in total. The van der Waals surface area contributed by atoms with Gasteiger partial charge in [-0.15, -0.1) is 0 Å². The number of hydrogen-bond donors (Lipinski definition) is 2. The van der Waals surface area contributed by atoms with Crippen LogP contribution in [0.4, 0.5) is 5.82 Å². The highest BCUT2D eigenvalue weighted by molar-refractivity contribution is 5.86. The van der Waals surface area contributed by atoms with Gasteiger partial charge in [0.15, 0.2) is 0 Å². The highest BCUT2D eigenvalue weighted by Gasteiger charge is 2.25. The van der Waals surface area contributed by atoms with Crippen LogP contribution in [0.25, 0.3) is 22.2 Å². The lowest BCUT2D eigenvalue weighted by Crippen LogP contribution is -2.35. The minimum atomic E-state index is 0.234. The van der Waals surface area contributed by atoms with Gasteiger partial charge < -0.3 is 10.6 Å². The third kappa shape index (κ3) is 4.16. The Labute approximate surface area is 175 Å². The zero-order valence-electron chi connectivity index (χ0n) is 17.0. The first kappa shape index (κ1) is 19.1. The van der Waals surface area contributed by atoms with Crippen molar-refractivity contribution < 1.29 is 4.79 Å². The monoisotopic (exact) mass is 402 g/mol. The molecule has 1 saturated heterocycles. The Morgan fingerprint density at radius 2 is 1.90 bits per heavy atom. The number of ketones is 1. The number of piperidine rings is 1. The largest absolute Gasteiger partial charge is 0.366 e. The molecule has 1 saturated carbocycles. The second kappa shape index (κ2) is 8.44. The number of carbonyl (C=O) groups excluding carboxylic acids is 1. The fourth-order valence-corrected chi connectivity index (χ4v) is 4.12. The fraction of sp³-hybridized carbons (Fsp3) is 0.435. The Hall–Kier alpha value is -2.93. The molecule has 154 valence electrons. The summed E-state index contributed by atoms with van der Waals surface area (Å²) in [5.41, 5.74) is 3.32. The number of anilines is 1. The van der Waals surface area contributed by atoms with Crippen molar-refractivity contribution in [3.63, 3.8) is 0 Å². The van der Waals surface area contributed by atoms with Crippen LogP contribution in [0.1, 0.15) is 37.8 Å². The van der Waals surface area contributed by atoms with Gasteiger partial charge in [0.05, 0.1) is 29.8 Å². The third-order valence-electron chi connectivity index (χ3n) is 6.16. The minimum absolute atomic E-state index is 0.234. The molecule has 0 unspecified atom stereocenters. The van der Waals surface area contributed by atoms with Crippen molar-refractivity contribution in [1.29, 1.82) is 0 Å². The van der Waals surface area contributed by atoms with Crippen molar-refractivity contribution >= 4 is 22.5 Å². The average molecular weight is 403 g/mol. The Kier molecular flexibility index (Phi) is 5.36. The molecule has 1 aliphatic heterocycles. The van der Waals surface area contributed by atoms with E-state index in [1.54, 1.807) is 18.6 Å². The maximum atomic E-state index is 12.3. The number of aromatic nitrogens is 4. The lowest BCUT2D eigenvalue weighted by molar-refractivity contribution is -0.124. The standard InChI is InChI=1S/C23H26N6O/c30-22(15-2-1-3-15)10-19-9-16-8-17(11-27-20(16)13-26-19)21-12-25-14-23(29-21)28-18-4-6-24-7-5-18/h8-9,11-15,18,24H,1-7,10H2,(H,28,29). The second-order valence-electron chi connectivity index (χ2n) is 8.32. The third-order valence-corrected chi connectivity index (χ3v) is 6.16. The first-order chi connectivity index (χ1) is 14.7. The summed E-state index contributed by atoms with van der Waals surface area (Å²) >= 11 is 0. The maximum absolute atomic E-state index is 12.3. The minimum Gasteiger partial charge on any atom is -0.366 e. The van der Waals surface area contributed by atoms with Gasteiger partial charge in [-0.1, -0.05) is 6.42 Å². The van der Waals surface area contributed by atoms with Crippen LogP contribution in [0.2, 0.25) is 0 Å². The predicted molar refractivity (Wildman–Crippen MR) is 116 cm³/mol. The molecular weight excluding hydrogens is 376 g/mol. The van der Waals surface area contributed by atoms with Gasteiger partial charge >= 0.3 is 0 Å². The van der Waals surface area contributed by atoms with Crippen LogP contribution in [-0.2, 0) is 11.2 Å². The van der Waals surface area contributed by atoms with Crippen molar-refractivity contribution in [2.75, 3.05) is 18.4 Å². The molecule has 3 aromatic heterocycles. The molecule has 0 radical (unpaired) electrons. The predicted octanol–water partition coefficient (Wildman–Crippen LogP) is 3.16. The summed E-state index contributed by atoms with van der Waals surface area (Å²) in [4.78, 5) is 30.4. The average Bonchev–Trinajstić information content (AvgIpc) is 2.73. The lowest BCUT2D eigenvalue weighted by Gasteiger charge is -2.24. The maximum Gasteiger partial charge on any atom is 0.145 e. The van der Waals surface area contributed by atoms with Gasteiger partial charge in [0, 0.05) is 41.2 Å². The number of hydrogen-bond acceptors (Lipinski definition) is 7. The number of Topliss-reactive ketones (excluding diaryl/α,β-unsaturated/α-hetero) is 1. The number of rotatable bonds is 6. The molecule has 7 heteroatoms. The molecule has 0 atom stereocenters. The molecule has 0 aromatic carbocycles. The number of carbonyl (C=O) groups is 1. The van der Waals surface area contributed by atoms with Crippen molar-refractivity contribution in [2.24, 2.45) is 5.92 Å². The van der Waals surface area contributed by atoms with E-state index in [9.17, 15) is 4.79 Å². The van der Waals surface area contributed by atoms with Crippen molar-refractivity contribution in [3.8, 4) is 11.3 Å². The molecule has 4 heterocycles. The van der Waals surface area contributed by atoms with Crippen LogP contribution >= 0.6 is 0 Å². The SMILES string of the molecule is O=C(Cc1cc2cc(-c3cncc(NC4CCNCC4)n3)cnc2cn1)C1CCC1. The van der Waals surface area contributed by atoms with E-state index in [0.29, 0.717) is 18.2 Å². The first-order valence-electron chi connectivity index (χ1n) is 10.8. The van der Waals surface area contributed by atoms with Gasteiger partial charge in [0.1, 0.15) is 11.6 Å². The number of nitrogens with zero attached hydrogens (tertiary/aromatic N) is 4. The molecule has 2 aliphatic rings. The number of fused-ring (bicyclic) bond motifs is 1. The summed E-state index contributed by atoms with van der Waals surface area (Å²) in [5.74, 6) is 1.33. The van der Waals surface area contributed by atoms with E-state index < -0.39 is 0 Å². The quantitative estimate of drug-likeness (QED) is 0.654. The molecule has 5 rings (SSSR count). The van der Waals surface area contributed by atoms with Crippen molar-refractivity contribution in [1.82, 2.24) is 25.3 Å². The summed E-state index contributed by atoms with van der Waals surface area (Å²) in [5, 5.41) is 7.84. The van der Waals surface area contributed by atoms with Crippen LogP contribution < -0.4 is 10.6 Å². The van der Waals surface area contributed by atoms with Crippen LogP contribution in [0.3, 0.4) is 0 Å². The van der Waals surface area contributed by atoms with Crippen LogP contribution in [-0.4, -0.2) is 44.9 Å².